The van der Waals surface area contributed by atoms with Gasteiger partial charge >= 0.3 is 0 Å². The summed E-state index contributed by atoms with van der Waals surface area (Å²) in [6.45, 7) is 0.492. The summed E-state index contributed by atoms with van der Waals surface area (Å²) < 4.78 is 25.1. The van der Waals surface area contributed by atoms with E-state index in [4.69, 9.17) is 10.8 Å². The molecule has 0 saturated heterocycles. The van der Waals surface area contributed by atoms with Gasteiger partial charge in [0.15, 0.2) is 0 Å². The van der Waals surface area contributed by atoms with Crippen molar-refractivity contribution in [2.24, 2.45) is 0 Å². The van der Waals surface area contributed by atoms with Crippen molar-refractivity contribution in [1.29, 1.82) is 0 Å². The molecule has 0 aliphatic rings. The third-order valence-corrected chi connectivity index (χ3v) is 1.96. The molecule has 0 bridgehead atoms. The fourth-order valence-corrected chi connectivity index (χ4v) is 1.22. The van der Waals surface area contributed by atoms with Crippen molar-refractivity contribution >= 4 is 11.4 Å². The molecule has 5 heteroatoms. The molecule has 0 atom stereocenters. The van der Waals surface area contributed by atoms with Crippen LogP contribution in [0.15, 0.2) is 18.2 Å². The number of nitrogens with two attached hydrogens (primary N) is 1. The average molecular weight is 216 g/mol. The van der Waals surface area contributed by atoms with E-state index in [1.54, 1.807) is 6.07 Å². The zero-order chi connectivity index (χ0) is 11.3. The highest BCUT2D eigenvalue weighted by atomic mass is 19.3. The highest BCUT2D eigenvalue weighted by Gasteiger charge is 2.12. The first kappa shape index (κ1) is 11.7. The zero-order valence-electron chi connectivity index (χ0n) is 8.21. The van der Waals surface area contributed by atoms with Gasteiger partial charge < -0.3 is 16.2 Å². The maximum atomic E-state index is 12.6. The Kier molecular flexibility index (Phi) is 4.30. The van der Waals surface area contributed by atoms with Crippen molar-refractivity contribution in [3.8, 4) is 0 Å². The number of aliphatic hydroxyl groups is 1. The normalized spacial score (nSPS) is 10.7. The Morgan fingerprint density at radius 3 is 2.73 bits per heavy atom. The molecule has 0 heterocycles. The molecule has 0 aliphatic heterocycles. The lowest BCUT2D eigenvalue weighted by Crippen LogP contribution is -2.06. The molecule has 1 aromatic carbocycles. The van der Waals surface area contributed by atoms with Crippen LogP contribution in [0.3, 0.4) is 0 Å². The Balaban J connectivity index is 2.77. The smallest absolute Gasteiger partial charge is 0.265 e. The van der Waals surface area contributed by atoms with Gasteiger partial charge in [-0.15, -0.1) is 0 Å². The Labute approximate surface area is 86.9 Å². The molecular weight excluding hydrogens is 202 g/mol. The molecule has 84 valence electrons. The predicted octanol–water partition coefficient (Wildman–Crippen LogP) is 2.00. The largest absolute Gasteiger partial charge is 0.399 e. The molecule has 3 nitrogen and oxygen atoms in total. The molecule has 0 amide bonds. The lowest BCUT2D eigenvalue weighted by Gasteiger charge is -2.11. The van der Waals surface area contributed by atoms with Crippen LogP contribution in [0.5, 0.6) is 0 Å². The lowest BCUT2D eigenvalue weighted by molar-refractivity contribution is 0.152. The molecule has 4 N–H and O–H groups in total. The Bertz CT molecular complexity index is 318. The van der Waals surface area contributed by atoms with Crippen LogP contribution in [0.4, 0.5) is 20.2 Å². The van der Waals surface area contributed by atoms with E-state index in [-0.39, 0.29) is 12.2 Å². The molecule has 1 aromatic rings. The minimum atomic E-state index is -2.55. The average Bonchev–Trinajstić information content (AvgIpc) is 2.20. The first-order valence-corrected chi connectivity index (χ1v) is 4.67. The fraction of sp³-hybridized carbons (Fsp3) is 0.400. The molecule has 0 unspecified atom stereocenters. The van der Waals surface area contributed by atoms with Crippen LogP contribution in [0, 0.1) is 0 Å². The van der Waals surface area contributed by atoms with Crippen molar-refractivity contribution in [2.75, 3.05) is 24.2 Å². The minimum Gasteiger partial charge on any atom is -0.399 e. The molecular formula is C10H14F2N2O. The highest BCUT2D eigenvalue weighted by Crippen LogP contribution is 2.28. The summed E-state index contributed by atoms with van der Waals surface area (Å²) in [5, 5.41) is 11.4. The third kappa shape index (κ3) is 3.36. The van der Waals surface area contributed by atoms with Gasteiger partial charge in [0.25, 0.3) is 6.43 Å². The van der Waals surface area contributed by atoms with Crippen LogP contribution >= 0.6 is 0 Å². The van der Waals surface area contributed by atoms with Crippen LogP contribution in [0.2, 0.25) is 0 Å². The van der Waals surface area contributed by atoms with E-state index in [0.29, 0.717) is 24.3 Å². The SMILES string of the molecule is Nc1ccc(NCCCO)c(C(F)F)c1. The van der Waals surface area contributed by atoms with Crippen LogP contribution < -0.4 is 11.1 Å². The number of nitrogens with one attached hydrogen (secondary N) is 1. The van der Waals surface area contributed by atoms with Crippen LogP contribution in [-0.4, -0.2) is 18.3 Å². The number of alkyl halides is 2. The summed E-state index contributed by atoms with van der Waals surface area (Å²) >= 11 is 0. The maximum absolute atomic E-state index is 12.6. The van der Waals surface area contributed by atoms with Crippen LogP contribution in [-0.2, 0) is 0 Å². The van der Waals surface area contributed by atoms with E-state index in [2.05, 4.69) is 5.32 Å². The van der Waals surface area contributed by atoms with Crippen molar-refractivity contribution < 1.29 is 13.9 Å². The van der Waals surface area contributed by atoms with Crippen LogP contribution in [0.1, 0.15) is 18.4 Å². The van der Waals surface area contributed by atoms with Crippen molar-refractivity contribution in [3.05, 3.63) is 23.8 Å². The van der Waals surface area contributed by atoms with Gasteiger partial charge in [-0.2, -0.15) is 0 Å². The molecule has 1 rings (SSSR count). The van der Waals surface area contributed by atoms with Crippen molar-refractivity contribution in [2.45, 2.75) is 12.8 Å². The monoisotopic (exact) mass is 216 g/mol. The second-order valence-electron chi connectivity index (χ2n) is 3.15. The summed E-state index contributed by atoms with van der Waals surface area (Å²) in [6.07, 6.45) is -2.03. The fourth-order valence-electron chi connectivity index (χ4n) is 1.22. The first-order chi connectivity index (χ1) is 7.15. The predicted molar refractivity (Wildman–Crippen MR) is 56.0 cm³/mol. The number of aliphatic hydroxyl groups excluding tert-OH is 1. The number of hydrogen-bond donors (Lipinski definition) is 3. The Morgan fingerprint density at radius 1 is 1.40 bits per heavy atom. The van der Waals surface area contributed by atoms with Gasteiger partial charge in [0.2, 0.25) is 0 Å². The van der Waals surface area contributed by atoms with Crippen molar-refractivity contribution in [3.63, 3.8) is 0 Å². The standard InChI is InChI=1S/C10H14F2N2O/c11-10(12)8-6-7(13)2-3-9(8)14-4-1-5-15/h2-3,6,10,14-15H,1,4-5,13H2. The number of anilines is 2. The molecule has 0 saturated carbocycles. The van der Waals surface area contributed by atoms with Crippen molar-refractivity contribution in [1.82, 2.24) is 0 Å². The number of rotatable bonds is 5. The second-order valence-corrected chi connectivity index (χ2v) is 3.15. The van der Waals surface area contributed by atoms with E-state index in [1.807, 2.05) is 0 Å². The summed E-state index contributed by atoms with van der Waals surface area (Å²) in [5.74, 6) is 0. The van der Waals surface area contributed by atoms with Gasteiger partial charge in [-0.05, 0) is 24.6 Å². The van der Waals surface area contributed by atoms with Gasteiger partial charge in [-0.1, -0.05) is 0 Å². The Morgan fingerprint density at radius 2 is 2.13 bits per heavy atom. The van der Waals surface area contributed by atoms with Gasteiger partial charge in [-0.25, -0.2) is 8.78 Å². The first-order valence-electron chi connectivity index (χ1n) is 4.67. The zero-order valence-corrected chi connectivity index (χ0v) is 8.21. The quantitative estimate of drug-likeness (QED) is 0.521. The third-order valence-electron chi connectivity index (χ3n) is 1.96. The molecule has 0 spiro atoms. The van der Waals surface area contributed by atoms with E-state index in [9.17, 15) is 8.78 Å². The van der Waals surface area contributed by atoms with Gasteiger partial charge in [0.1, 0.15) is 0 Å². The maximum Gasteiger partial charge on any atom is 0.265 e. The summed E-state index contributed by atoms with van der Waals surface area (Å²) in [7, 11) is 0. The van der Waals surface area contributed by atoms with Gasteiger partial charge in [-0.3, -0.25) is 0 Å². The van der Waals surface area contributed by atoms with E-state index < -0.39 is 6.43 Å². The Hall–Kier alpha value is -1.36. The number of nitrogen functional groups attached to an aromatic ring is 1. The second kappa shape index (κ2) is 5.50. The molecule has 0 fully saturated rings. The minimum absolute atomic E-state index is 0.0337. The molecule has 15 heavy (non-hydrogen) atoms. The molecule has 0 aliphatic carbocycles. The number of halogens is 2. The topological polar surface area (TPSA) is 58.3 Å². The molecule has 0 aromatic heterocycles. The lowest BCUT2D eigenvalue weighted by atomic mass is 10.1. The summed E-state index contributed by atoms with van der Waals surface area (Å²) in [5.41, 5.74) is 6.00. The van der Waals surface area contributed by atoms with E-state index in [0.717, 1.165) is 0 Å². The number of hydrogen-bond acceptors (Lipinski definition) is 3. The van der Waals surface area contributed by atoms with E-state index >= 15 is 0 Å². The van der Waals surface area contributed by atoms with E-state index in [1.165, 1.54) is 12.1 Å². The number of benzene rings is 1. The summed E-state index contributed by atoms with van der Waals surface area (Å²) in [6, 6.07) is 4.34. The van der Waals surface area contributed by atoms with Gasteiger partial charge in [0.05, 0.1) is 0 Å². The van der Waals surface area contributed by atoms with Gasteiger partial charge in [0, 0.05) is 30.1 Å². The highest BCUT2D eigenvalue weighted by molar-refractivity contribution is 5.58. The summed E-state index contributed by atoms with van der Waals surface area (Å²) in [4.78, 5) is 0. The van der Waals surface area contributed by atoms with Crippen LogP contribution in [0.25, 0.3) is 0 Å². The molecule has 0 radical (unpaired) electrons.